The molecule has 0 saturated heterocycles. The summed E-state index contributed by atoms with van der Waals surface area (Å²) < 4.78 is 12.9. The first-order valence-corrected chi connectivity index (χ1v) is 11.7. The average molecular weight is 480 g/mol. The van der Waals surface area contributed by atoms with Crippen molar-refractivity contribution in [3.8, 4) is 0 Å². The van der Waals surface area contributed by atoms with Crippen LogP contribution in [0.25, 0.3) is 12.2 Å². The Kier molecular flexibility index (Phi) is 16.1. The molecule has 0 aliphatic heterocycles. The first kappa shape index (κ1) is 31.5. The smallest absolute Gasteiger partial charge is 0.123 e. The van der Waals surface area contributed by atoms with Crippen molar-refractivity contribution in [1.82, 2.24) is 5.32 Å². The standard InChI is InChI=1S/C19H19FN2.C6H15N.C4H8N2/c1-3-14-8-12-18(22)19(16(14)4-2)17(21)11-7-13-5-9-15(20)10-6-13;1-4-6(2)5-7-3;1-4(5)3-6-2/h3,5-12,21H,1,4,22H2,2H3;6-7H,4-5H2,1-3H3;3H,1,5H2,2H3/b11-7+,21-17?;;. The topological polar surface area (TPSA) is 100 Å². The van der Waals surface area contributed by atoms with Crippen LogP contribution in [-0.4, -0.2) is 32.6 Å². The van der Waals surface area contributed by atoms with E-state index < -0.39 is 0 Å². The van der Waals surface area contributed by atoms with Crippen LogP contribution in [0.1, 0.15) is 49.4 Å². The van der Waals surface area contributed by atoms with E-state index in [0.29, 0.717) is 17.1 Å². The van der Waals surface area contributed by atoms with Crippen LogP contribution in [0.15, 0.2) is 66.3 Å². The Labute approximate surface area is 211 Å². The van der Waals surface area contributed by atoms with Gasteiger partial charge in [-0.05, 0) is 66.9 Å². The summed E-state index contributed by atoms with van der Waals surface area (Å²) in [6.07, 6.45) is 8.79. The van der Waals surface area contributed by atoms with Crippen LogP contribution in [-0.2, 0) is 6.42 Å². The lowest BCUT2D eigenvalue weighted by Gasteiger charge is -2.13. The third kappa shape index (κ3) is 12.5. The van der Waals surface area contributed by atoms with Crippen LogP contribution in [0.4, 0.5) is 10.1 Å². The summed E-state index contributed by atoms with van der Waals surface area (Å²) in [6, 6.07) is 9.85. The van der Waals surface area contributed by atoms with E-state index in [2.05, 4.69) is 37.3 Å². The number of anilines is 1. The lowest BCUT2D eigenvalue weighted by Crippen LogP contribution is -2.14. The lowest BCUT2D eigenvalue weighted by atomic mass is 9.93. The molecule has 0 amide bonds. The Morgan fingerprint density at radius 3 is 2.23 bits per heavy atom. The van der Waals surface area contributed by atoms with Gasteiger partial charge in [0.25, 0.3) is 0 Å². The lowest BCUT2D eigenvalue weighted by molar-refractivity contribution is 0.528. The van der Waals surface area contributed by atoms with Crippen LogP contribution in [0.5, 0.6) is 0 Å². The number of aliphatic imine (C=N–C) groups is 1. The molecule has 6 N–H and O–H groups in total. The first-order chi connectivity index (χ1) is 16.6. The van der Waals surface area contributed by atoms with Gasteiger partial charge in [-0.15, -0.1) is 0 Å². The summed E-state index contributed by atoms with van der Waals surface area (Å²) in [5, 5.41) is 11.4. The molecule has 0 radical (unpaired) electrons. The van der Waals surface area contributed by atoms with Gasteiger partial charge in [0.2, 0.25) is 0 Å². The molecule has 0 aliphatic rings. The number of nitrogen functional groups attached to an aromatic ring is 1. The summed E-state index contributed by atoms with van der Waals surface area (Å²) in [7, 11) is 3.64. The molecule has 0 fully saturated rings. The Morgan fingerprint density at radius 2 is 1.83 bits per heavy atom. The van der Waals surface area contributed by atoms with Crippen LogP contribution >= 0.6 is 0 Å². The SMILES string of the molecule is C=C(N)C=NC.C=Cc1ccc(N)c(C(=N)/C=C/c2ccc(F)cc2)c1CC.CCC(C)CNC. The van der Waals surface area contributed by atoms with Crippen LogP contribution in [0.3, 0.4) is 0 Å². The maximum absolute atomic E-state index is 12.9. The molecule has 2 aromatic carbocycles. The van der Waals surface area contributed by atoms with E-state index in [0.717, 1.165) is 41.1 Å². The van der Waals surface area contributed by atoms with E-state index in [-0.39, 0.29) is 5.82 Å². The zero-order chi connectivity index (χ0) is 26.8. The van der Waals surface area contributed by atoms with Crippen molar-refractivity contribution in [2.45, 2.75) is 33.6 Å². The number of hydrogen-bond acceptors (Lipinski definition) is 5. The van der Waals surface area contributed by atoms with Crippen molar-refractivity contribution >= 4 is 29.8 Å². The minimum atomic E-state index is -0.275. The van der Waals surface area contributed by atoms with Crippen molar-refractivity contribution in [2.24, 2.45) is 16.6 Å². The number of benzene rings is 2. The second-order valence-corrected chi connectivity index (χ2v) is 7.99. The fraction of sp³-hybridized carbons (Fsp3) is 0.310. The van der Waals surface area contributed by atoms with Gasteiger partial charge in [-0.3, -0.25) is 4.99 Å². The Hall–Kier alpha value is -3.51. The Bertz CT molecular complexity index is 991. The minimum absolute atomic E-state index is 0.275. The highest BCUT2D eigenvalue weighted by Crippen LogP contribution is 2.24. The Morgan fingerprint density at radius 1 is 1.20 bits per heavy atom. The Balaban J connectivity index is 0.000000733. The molecule has 6 heteroatoms. The van der Waals surface area contributed by atoms with Crippen molar-refractivity contribution in [2.75, 3.05) is 26.4 Å². The molecule has 2 aromatic rings. The van der Waals surface area contributed by atoms with Gasteiger partial charge in [0.1, 0.15) is 5.82 Å². The predicted octanol–water partition coefficient (Wildman–Crippen LogP) is 6.11. The summed E-state index contributed by atoms with van der Waals surface area (Å²) >= 11 is 0. The molecule has 0 saturated carbocycles. The highest BCUT2D eigenvalue weighted by atomic mass is 19.1. The van der Waals surface area contributed by atoms with Crippen molar-refractivity contribution in [3.05, 3.63) is 89.4 Å². The molecule has 0 aliphatic carbocycles. The summed E-state index contributed by atoms with van der Waals surface area (Å²) in [5.74, 6) is 0.563. The van der Waals surface area contributed by atoms with Crippen molar-refractivity contribution in [1.29, 1.82) is 5.41 Å². The molecule has 0 bridgehead atoms. The predicted molar refractivity (Wildman–Crippen MR) is 154 cm³/mol. The average Bonchev–Trinajstić information content (AvgIpc) is 2.84. The third-order valence-corrected chi connectivity index (χ3v) is 5.08. The third-order valence-electron chi connectivity index (χ3n) is 5.08. The summed E-state index contributed by atoms with van der Waals surface area (Å²) in [4.78, 5) is 3.59. The fourth-order valence-electron chi connectivity index (χ4n) is 3.07. The highest BCUT2D eigenvalue weighted by Gasteiger charge is 2.11. The number of hydrogen-bond donors (Lipinski definition) is 4. The van der Waals surface area contributed by atoms with E-state index in [1.807, 2.05) is 20.0 Å². The quantitative estimate of drug-likeness (QED) is 0.258. The zero-order valence-electron chi connectivity index (χ0n) is 21.9. The van der Waals surface area contributed by atoms with Crippen LogP contribution < -0.4 is 16.8 Å². The molecule has 0 spiro atoms. The molecule has 0 aromatic heterocycles. The van der Waals surface area contributed by atoms with Crippen molar-refractivity contribution < 1.29 is 4.39 Å². The fourth-order valence-corrected chi connectivity index (χ4v) is 3.07. The van der Waals surface area contributed by atoms with Gasteiger partial charge in [0, 0.05) is 30.2 Å². The van der Waals surface area contributed by atoms with E-state index in [4.69, 9.17) is 16.9 Å². The van der Waals surface area contributed by atoms with E-state index in [1.165, 1.54) is 24.8 Å². The van der Waals surface area contributed by atoms with E-state index in [1.54, 1.807) is 43.5 Å². The molecule has 0 heterocycles. The summed E-state index contributed by atoms with van der Waals surface area (Å²) in [6.45, 7) is 14.8. The molecular weight excluding hydrogens is 437 g/mol. The molecular formula is C29H42FN5. The molecule has 1 unspecified atom stereocenters. The van der Waals surface area contributed by atoms with Gasteiger partial charge in [-0.2, -0.15) is 0 Å². The largest absolute Gasteiger partial charge is 0.398 e. The van der Waals surface area contributed by atoms with Crippen LogP contribution in [0, 0.1) is 17.1 Å². The van der Waals surface area contributed by atoms with E-state index >= 15 is 0 Å². The van der Waals surface area contributed by atoms with E-state index in [9.17, 15) is 4.39 Å². The maximum atomic E-state index is 12.9. The number of halogens is 1. The minimum Gasteiger partial charge on any atom is -0.398 e. The molecule has 35 heavy (non-hydrogen) atoms. The van der Waals surface area contributed by atoms with Crippen LogP contribution in [0.2, 0.25) is 0 Å². The normalized spacial score (nSPS) is 11.3. The maximum Gasteiger partial charge on any atom is 0.123 e. The first-order valence-electron chi connectivity index (χ1n) is 11.7. The van der Waals surface area contributed by atoms with Gasteiger partial charge < -0.3 is 22.2 Å². The second kappa shape index (κ2) is 17.9. The molecule has 2 rings (SSSR count). The van der Waals surface area contributed by atoms with Crippen molar-refractivity contribution in [3.63, 3.8) is 0 Å². The molecule has 5 nitrogen and oxygen atoms in total. The number of rotatable bonds is 9. The summed E-state index contributed by atoms with van der Waals surface area (Å²) in [5.41, 5.74) is 16.1. The highest BCUT2D eigenvalue weighted by molar-refractivity contribution is 6.13. The van der Waals surface area contributed by atoms with Gasteiger partial charge in [0.15, 0.2) is 0 Å². The van der Waals surface area contributed by atoms with Gasteiger partial charge in [0.05, 0.1) is 5.71 Å². The zero-order valence-corrected chi connectivity index (χ0v) is 21.9. The number of nitrogens with zero attached hydrogens (tertiary/aromatic N) is 1. The van der Waals surface area contributed by atoms with Gasteiger partial charge in [-0.25, -0.2) is 4.39 Å². The molecule has 1 atom stereocenters. The monoisotopic (exact) mass is 479 g/mol. The number of nitrogens with one attached hydrogen (secondary N) is 2. The number of nitrogens with two attached hydrogens (primary N) is 2. The molecule has 190 valence electrons. The second-order valence-electron chi connectivity index (χ2n) is 7.99. The van der Waals surface area contributed by atoms with Gasteiger partial charge >= 0.3 is 0 Å². The number of allylic oxidation sites excluding steroid dienone is 2. The van der Waals surface area contributed by atoms with Gasteiger partial charge in [-0.1, -0.05) is 70.7 Å².